The normalized spacial score (nSPS) is 13.5. The van der Waals surface area contributed by atoms with Crippen LogP contribution in [0.1, 0.15) is 18.9 Å². The lowest BCUT2D eigenvalue weighted by Crippen LogP contribution is -2.38. The number of hydrogen-bond acceptors (Lipinski definition) is 4. The average molecular weight is 315 g/mol. The molecule has 0 bridgehead atoms. The number of ether oxygens (including phenoxy) is 2. The van der Waals surface area contributed by atoms with E-state index in [4.69, 9.17) is 15.2 Å². The zero-order valence-electron chi connectivity index (χ0n) is 12.3. The van der Waals surface area contributed by atoms with Crippen molar-refractivity contribution in [1.29, 1.82) is 0 Å². The Morgan fingerprint density at radius 2 is 2.10 bits per heavy atom. The van der Waals surface area contributed by atoms with Crippen molar-refractivity contribution in [3.8, 4) is 0 Å². The Labute approximate surface area is 131 Å². The molecular formula is C15H23ClN2O3. The fourth-order valence-electron chi connectivity index (χ4n) is 2.41. The van der Waals surface area contributed by atoms with Crippen molar-refractivity contribution in [1.82, 2.24) is 0 Å². The van der Waals surface area contributed by atoms with Crippen LogP contribution >= 0.6 is 12.4 Å². The lowest BCUT2D eigenvalue weighted by molar-refractivity contribution is -0.123. The molecule has 0 fully saturated rings. The first-order valence-corrected chi connectivity index (χ1v) is 7.07. The van der Waals surface area contributed by atoms with Crippen molar-refractivity contribution >= 4 is 29.7 Å². The summed E-state index contributed by atoms with van der Waals surface area (Å²) in [7, 11) is 0. The van der Waals surface area contributed by atoms with Gasteiger partial charge in [-0.25, -0.2) is 0 Å². The SMILES string of the molecule is CCOCCOCC(=O)N1CCCc2c(N)cccc21.Cl. The highest BCUT2D eigenvalue weighted by molar-refractivity contribution is 5.96. The Morgan fingerprint density at radius 1 is 1.33 bits per heavy atom. The van der Waals surface area contributed by atoms with Crippen molar-refractivity contribution in [2.75, 3.05) is 43.6 Å². The van der Waals surface area contributed by atoms with Gasteiger partial charge in [0.1, 0.15) is 6.61 Å². The molecule has 0 unspecified atom stereocenters. The summed E-state index contributed by atoms with van der Waals surface area (Å²) in [5, 5.41) is 0. The first-order chi connectivity index (χ1) is 9.74. The molecule has 0 aromatic heterocycles. The summed E-state index contributed by atoms with van der Waals surface area (Å²) in [4.78, 5) is 14.0. The van der Waals surface area contributed by atoms with Crippen LogP contribution < -0.4 is 10.6 Å². The molecule has 0 saturated heterocycles. The van der Waals surface area contributed by atoms with Gasteiger partial charge in [-0.3, -0.25) is 4.79 Å². The predicted molar refractivity (Wildman–Crippen MR) is 86.1 cm³/mol. The molecule has 1 heterocycles. The third-order valence-corrected chi connectivity index (χ3v) is 3.39. The number of anilines is 2. The molecule has 0 atom stereocenters. The second kappa shape index (κ2) is 8.87. The predicted octanol–water partition coefficient (Wildman–Crippen LogP) is 2.02. The van der Waals surface area contributed by atoms with Gasteiger partial charge >= 0.3 is 0 Å². The number of rotatable bonds is 6. The molecule has 0 spiro atoms. The lowest BCUT2D eigenvalue weighted by Gasteiger charge is -2.30. The van der Waals surface area contributed by atoms with Gasteiger partial charge in [0.2, 0.25) is 0 Å². The maximum atomic E-state index is 12.2. The van der Waals surface area contributed by atoms with Crippen molar-refractivity contribution in [2.45, 2.75) is 19.8 Å². The van der Waals surface area contributed by atoms with Gasteiger partial charge in [-0.2, -0.15) is 0 Å². The Morgan fingerprint density at radius 3 is 2.86 bits per heavy atom. The molecule has 2 N–H and O–H groups in total. The van der Waals surface area contributed by atoms with Crippen LogP contribution in [0.3, 0.4) is 0 Å². The van der Waals surface area contributed by atoms with Crippen LogP contribution in [0.5, 0.6) is 0 Å². The van der Waals surface area contributed by atoms with Crippen LogP contribution in [-0.2, 0) is 20.7 Å². The molecular weight excluding hydrogens is 292 g/mol. The molecule has 0 radical (unpaired) electrons. The fraction of sp³-hybridized carbons (Fsp3) is 0.533. The number of nitrogen functional groups attached to an aromatic ring is 1. The minimum Gasteiger partial charge on any atom is -0.398 e. The summed E-state index contributed by atoms with van der Waals surface area (Å²) >= 11 is 0. The minimum absolute atomic E-state index is 0. The van der Waals surface area contributed by atoms with E-state index in [0.29, 0.717) is 19.8 Å². The molecule has 1 aromatic rings. The molecule has 0 saturated carbocycles. The van der Waals surface area contributed by atoms with Gasteiger partial charge in [0.25, 0.3) is 5.91 Å². The maximum Gasteiger partial charge on any atom is 0.252 e. The first kappa shape index (κ1) is 17.8. The van der Waals surface area contributed by atoms with E-state index >= 15 is 0 Å². The second-order valence-corrected chi connectivity index (χ2v) is 4.74. The van der Waals surface area contributed by atoms with Crippen LogP contribution in [0, 0.1) is 0 Å². The maximum absolute atomic E-state index is 12.2. The van der Waals surface area contributed by atoms with E-state index in [1.165, 1.54) is 0 Å². The Bertz CT molecular complexity index is 468. The van der Waals surface area contributed by atoms with Gasteiger partial charge in [0.15, 0.2) is 0 Å². The molecule has 1 aliphatic rings. The molecule has 21 heavy (non-hydrogen) atoms. The van der Waals surface area contributed by atoms with E-state index < -0.39 is 0 Å². The van der Waals surface area contributed by atoms with E-state index in [1.807, 2.05) is 25.1 Å². The number of fused-ring (bicyclic) bond motifs is 1. The molecule has 1 aliphatic heterocycles. The van der Waals surface area contributed by atoms with Gasteiger partial charge in [-0.1, -0.05) is 6.07 Å². The molecule has 5 nitrogen and oxygen atoms in total. The molecule has 2 rings (SSSR count). The topological polar surface area (TPSA) is 64.8 Å². The monoisotopic (exact) mass is 314 g/mol. The van der Waals surface area contributed by atoms with E-state index in [1.54, 1.807) is 4.90 Å². The molecule has 1 amide bonds. The third kappa shape index (κ3) is 4.59. The van der Waals surface area contributed by atoms with Crippen molar-refractivity contribution in [3.63, 3.8) is 0 Å². The summed E-state index contributed by atoms with van der Waals surface area (Å²) in [5.74, 6) is -0.0203. The van der Waals surface area contributed by atoms with Gasteiger partial charge < -0.3 is 20.1 Å². The largest absolute Gasteiger partial charge is 0.398 e. The standard InChI is InChI=1S/C15H22N2O3.ClH/c1-2-19-9-10-20-11-15(18)17-8-4-5-12-13(16)6-3-7-14(12)17;/h3,6-7H,2,4-5,8-11,16H2,1H3;1H. The number of nitrogens with zero attached hydrogens (tertiary/aromatic N) is 1. The number of amides is 1. The van der Waals surface area contributed by atoms with Gasteiger partial charge in [-0.15, -0.1) is 12.4 Å². The average Bonchev–Trinajstić information content (AvgIpc) is 2.47. The highest BCUT2D eigenvalue weighted by Gasteiger charge is 2.23. The summed E-state index contributed by atoms with van der Waals surface area (Å²) in [5.41, 5.74) is 8.73. The molecule has 118 valence electrons. The number of benzene rings is 1. The van der Waals surface area contributed by atoms with Crippen LogP contribution in [-0.4, -0.2) is 38.9 Å². The fourth-order valence-corrected chi connectivity index (χ4v) is 2.41. The first-order valence-electron chi connectivity index (χ1n) is 7.07. The van der Waals surface area contributed by atoms with Crippen LogP contribution in [0.15, 0.2) is 18.2 Å². The summed E-state index contributed by atoms with van der Waals surface area (Å²) < 4.78 is 10.5. The molecule has 6 heteroatoms. The zero-order valence-corrected chi connectivity index (χ0v) is 13.2. The van der Waals surface area contributed by atoms with Crippen LogP contribution in [0.25, 0.3) is 0 Å². The number of carbonyl (C=O) groups excluding carboxylic acids is 1. The van der Waals surface area contributed by atoms with Gasteiger partial charge in [-0.05, 0) is 37.5 Å². The Kier molecular flexibility index (Phi) is 7.50. The van der Waals surface area contributed by atoms with Crippen molar-refractivity contribution in [2.24, 2.45) is 0 Å². The van der Waals surface area contributed by atoms with Crippen LogP contribution in [0.4, 0.5) is 11.4 Å². The smallest absolute Gasteiger partial charge is 0.252 e. The highest BCUT2D eigenvalue weighted by Crippen LogP contribution is 2.31. The number of halogens is 1. The quantitative estimate of drug-likeness (QED) is 0.644. The number of hydrogen-bond donors (Lipinski definition) is 1. The van der Waals surface area contributed by atoms with E-state index in [9.17, 15) is 4.79 Å². The minimum atomic E-state index is -0.0203. The second-order valence-electron chi connectivity index (χ2n) is 4.74. The third-order valence-electron chi connectivity index (χ3n) is 3.39. The Balaban J connectivity index is 0.00000220. The van der Waals surface area contributed by atoms with E-state index in [2.05, 4.69) is 0 Å². The number of carbonyl (C=O) groups is 1. The van der Waals surface area contributed by atoms with Crippen LogP contribution in [0.2, 0.25) is 0 Å². The molecule has 1 aromatic carbocycles. The van der Waals surface area contributed by atoms with Gasteiger partial charge in [0, 0.05) is 24.5 Å². The van der Waals surface area contributed by atoms with Crippen molar-refractivity contribution in [3.05, 3.63) is 23.8 Å². The van der Waals surface area contributed by atoms with Crippen molar-refractivity contribution < 1.29 is 14.3 Å². The van der Waals surface area contributed by atoms with E-state index in [-0.39, 0.29) is 24.9 Å². The van der Waals surface area contributed by atoms with E-state index in [0.717, 1.165) is 36.3 Å². The molecule has 0 aliphatic carbocycles. The number of nitrogens with two attached hydrogens (primary N) is 1. The summed E-state index contributed by atoms with van der Waals surface area (Å²) in [6, 6.07) is 5.71. The lowest BCUT2D eigenvalue weighted by atomic mass is 10.00. The summed E-state index contributed by atoms with van der Waals surface area (Å²) in [6.45, 7) is 4.37. The summed E-state index contributed by atoms with van der Waals surface area (Å²) in [6.07, 6.45) is 1.86. The Hall–Kier alpha value is -1.30. The zero-order chi connectivity index (χ0) is 14.4. The van der Waals surface area contributed by atoms with Gasteiger partial charge in [0.05, 0.1) is 13.2 Å². The highest BCUT2D eigenvalue weighted by atomic mass is 35.5.